The van der Waals surface area contributed by atoms with Crippen molar-refractivity contribution in [2.45, 2.75) is 6.61 Å². The molecule has 0 amide bonds. The van der Waals surface area contributed by atoms with Gasteiger partial charge in [-0.25, -0.2) is 0 Å². The maximum absolute atomic E-state index is 12.2. The van der Waals surface area contributed by atoms with Crippen LogP contribution in [0.4, 0.5) is 11.5 Å². The van der Waals surface area contributed by atoms with Gasteiger partial charge in [-0.2, -0.15) is 10.5 Å². The molecule has 0 saturated carbocycles. The number of aromatic nitrogens is 1. The van der Waals surface area contributed by atoms with Gasteiger partial charge in [-0.1, -0.05) is 18.2 Å². The van der Waals surface area contributed by atoms with Gasteiger partial charge in [-0.3, -0.25) is 14.9 Å². The number of nitrogens with zero attached hydrogens (tertiary/aromatic N) is 3. The molecule has 0 bridgehead atoms. The Morgan fingerprint density at radius 3 is 2.48 bits per heavy atom. The quantitative estimate of drug-likeness (QED) is 0.456. The number of anilines is 1. The lowest BCUT2D eigenvalue weighted by Gasteiger charge is -2.14. The molecular formula is C21H15N5O5. The first-order chi connectivity index (χ1) is 14.9. The number of pyridine rings is 1. The Labute approximate surface area is 175 Å². The number of aromatic amines is 1. The molecule has 3 N–H and O–H groups in total. The zero-order valence-electron chi connectivity index (χ0n) is 16.2. The number of hydrogen-bond donors (Lipinski definition) is 2. The normalized spacial score (nSPS) is 10.0. The molecule has 3 aromatic rings. The van der Waals surface area contributed by atoms with Gasteiger partial charge in [0.15, 0.2) is 5.75 Å². The number of para-hydroxylation sites is 2. The van der Waals surface area contributed by atoms with Crippen LogP contribution >= 0.6 is 0 Å². The SMILES string of the molecule is COc1ccc(-c2c(C#N)c(N)[nH]c(=O)c2C#N)cc1COc1ccccc1[N+](=O)[O-]. The van der Waals surface area contributed by atoms with Gasteiger partial charge in [0.05, 0.1) is 12.0 Å². The zero-order chi connectivity index (χ0) is 22.5. The minimum atomic E-state index is -0.720. The van der Waals surface area contributed by atoms with Crippen LogP contribution in [0.1, 0.15) is 16.7 Å². The molecule has 10 nitrogen and oxygen atoms in total. The molecule has 0 unspecified atom stereocenters. The molecule has 31 heavy (non-hydrogen) atoms. The Hall–Kier alpha value is -4.83. The number of H-pyrrole nitrogens is 1. The summed E-state index contributed by atoms with van der Waals surface area (Å²) in [6.07, 6.45) is 0. The molecule has 0 aliphatic heterocycles. The zero-order valence-corrected chi connectivity index (χ0v) is 16.2. The number of nitro groups is 1. The van der Waals surface area contributed by atoms with Crippen molar-refractivity contribution in [2.75, 3.05) is 12.8 Å². The van der Waals surface area contributed by atoms with Gasteiger partial charge in [-0.15, -0.1) is 0 Å². The largest absolute Gasteiger partial charge is 0.496 e. The standard InChI is InChI=1S/C21H15N5O5/c1-30-17-7-6-12(19-14(9-22)20(24)25-21(27)15(19)10-23)8-13(17)11-31-18-5-3-2-4-16(18)26(28)29/h2-8H,11H2,1H3,(H3,24,25,27). The van der Waals surface area contributed by atoms with Crippen molar-refractivity contribution >= 4 is 11.5 Å². The van der Waals surface area contributed by atoms with Crippen molar-refractivity contribution in [1.29, 1.82) is 10.5 Å². The lowest BCUT2D eigenvalue weighted by molar-refractivity contribution is -0.385. The molecule has 0 aliphatic carbocycles. The second-order valence-corrected chi connectivity index (χ2v) is 6.26. The summed E-state index contributed by atoms with van der Waals surface area (Å²) in [6, 6.07) is 14.3. The van der Waals surface area contributed by atoms with Gasteiger partial charge in [0.1, 0.15) is 41.4 Å². The van der Waals surface area contributed by atoms with E-state index in [2.05, 4.69) is 4.98 Å². The molecule has 1 aromatic heterocycles. The van der Waals surface area contributed by atoms with Crippen molar-refractivity contribution in [3.63, 3.8) is 0 Å². The highest BCUT2D eigenvalue weighted by Crippen LogP contribution is 2.33. The first-order valence-corrected chi connectivity index (χ1v) is 8.80. The number of benzene rings is 2. The van der Waals surface area contributed by atoms with Crippen molar-refractivity contribution < 1.29 is 14.4 Å². The average molecular weight is 417 g/mol. The number of methoxy groups -OCH3 is 1. The number of nitrogen functional groups attached to an aromatic ring is 1. The molecule has 2 aromatic carbocycles. The first-order valence-electron chi connectivity index (χ1n) is 8.80. The summed E-state index contributed by atoms with van der Waals surface area (Å²) in [7, 11) is 1.44. The fraction of sp³-hybridized carbons (Fsp3) is 0.0952. The van der Waals surface area contributed by atoms with Crippen molar-refractivity contribution in [3.8, 4) is 34.8 Å². The number of rotatable bonds is 6. The van der Waals surface area contributed by atoms with Crippen LogP contribution in [0, 0.1) is 32.8 Å². The maximum atomic E-state index is 12.2. The van der Waals surface area contributed by atoms with E-state index in [1.54, 1.807) is 30.3 Å². The van der Waals surface area contributed by atoms with Gasteiger partial charge in [0, 0.05) is 17.2 Å². The van der Waals surface area contributed by atoms with E-state index in [-0.39, 0.29) is 40.6 Å². The Kier molecular flexibility index (Phi) is 5.85. The number of nitriles is 2. The van der Waals surface area contributed by atoms with E-state index in [0.29, 0.717) is 16.9 Å². The van der Waals surface area contributed by atoms with Gasteiger partial charge in [-0.05, 0) is 23.8 Å². The third-order valence-corrected chi connectivity index (χ3v) is 4.48. The van der Waals surface area contributed by atoms with E-state index in [4.69, 9.17) is 15.2 Å². The molecule has 0 radical (unpaired) electrons. The molecule has 1 heterocycles. The Morgan fingerprint density at radius 2 is 1.84 bits per heavy atom. The molecule has 0 fully saturated rings. The van der Waals surface area contributed by atoms with Crippen molar-refractivity contribution in [3.05, 3.63) is 79.6 Å². The van der Waals surface area contributed by atoms with Crippen LogP contribution in [0.2, 0.25) is 0 Å². The number of ether oxygens (including phenoxy) is 2. The molecule has 0 atom stereocenters. The fourth-order valence-corrected chi connectivity index (χ4v) is 3.06. The summed E-state index contributed by atoms with van der Waals surface area (Å²) in [5.41, 5.74) is 5.47. The Bertz CT molecular complexity index is 1320. The molecule has 0 spiro atoms. The average Bonchev–Trinajstić information content (AvgIpc) is 2.77. The molecule has 3 rings (SSSR count). The minimum absolute atomic E-state index is 0.0492. The van der Waals surface area contributed by atoms with Crippen LogP contribution in [0.15, 0.2) is 47.3 Å². The van der Waals surface area contributed by atoms with Gasteiger partial charge in [0.25, 0.3) is 5.56 Å². The highest BCUT2D eigenvalue weighted by molar-refractivity contribution is 5.80. The van der Waals surface area contributed by atoms with Crippen LogP contribution in [-0.2, 0) is 6.61 Å². The topological polar surface area (TPSA) is 168 Å². The van der Waals surface area contributed by atoms with E-state index < -0.39 is 10.5 Å². The predicted molar refractivity (Wildman–Crippen MR) is 110 cm³/mol. The maximum Gasteiger partial charge on any atom is 0.310 e. The van der Waals surface area contributed by atoms with Gasteiger partial charge >= 0.3 is 5.69 Å². The summed E-state index contributed by atoms with van der Waals surface area (Å²) in [5, 5.41) is 30.1. The van der Waals surface area contributed by atoms with Crippen molar-refractivity contribution in [2.24, 2.45) is 0 Å². The number of nitrogens with one attached hydrogen (secondary N) is 1. The Morgan fingerprint density at radius 1 is 1.13 bits per heavy atom. The van der Waals surface area contributed by atoms with E-state index in [1.165, 1.54) is 25.3 Å². The highest BCUT2D eigenvalue weighted by atomic mass is 16.6. The first kappa shape index (κ1) is 20.9. The van der Waals surface area contributed by atoms with Crippen LogP contribution in [0.5, 0.6) is 11.5 Å². The van der Waals surface area contributed by atoms with E-state index >= 15 is 0 Å². The summed E-state index contributed by atoms with van der Waals surface area (Å²) in [4.78, 5) is 25.1. The predicted octanol–water partition coefficient (Wildman–Crippen LogP) is 2.86. The van der Waals surface area contributed by atoms with Crippen LogP contribution < -0.4 is 20.8 Å². The second kappa shape index (κ2) is 8.68. The summed E-state index contributed by atoms with van der Waals surface area (Å²) >= 11 is 0. The number of hydrogen-bond acceptors (Lipinski definition) is 8. The van der Waals surface area contributed by atoms with Crippen molar-refractivity contribution in [1.82, 2.24) is 4.98 Å². The number of nitrogens with two attached hydrogens (primary N) is 1. The third kappa shape index (κ3) is 3.99. The minimum Gasteiger partial charge on any atom is -0.496 e. The lowest BCUT2D eigenvalue weighted by atomic mass is 9.95. The summed E-state index contributed by atoms with van der Waals surface area (Å²) < 4.78 is 11.0. The monoisotopic (exact) mass is 417 g/mol. The van der Waals surface area contributed by atoms with Gasteiger partial charge < -0.3 is 20.2 Å². The molecule has 154 valence electrons. The molecule has 0 saturated heterocycles. The fourth-order valence-electron chi connectivity index (χ4n) is 3.06. The Balaban J connectivity index is 2.10. The molecule has 10 heteroatoms. The van der Waals surface area contributed by atoms with Crippen LogP contribution in [0.25, 0.3) is 11.1 Å². The summed E-state index contributed by atoms with van der Waals surface area (Å²) in [6.45, 7) is -0.107. The second-order valence-electron chi connectivity index (χ2n) is 6.26. The summed E-state index contributed by atoms with van der Waals surface area (Å²) in [5.74, 6) is 0.322. The van der Waals surface area contributed by atoms with E-state index in [9.17, 15) is 25.4 Å². The molecular weight excluding hydrogens is 402 g/mol. The van der Waals surface area contributed by atoms with Gasteiger partial charge in [0.2, 0.25) is 0 Å². The lowest BCUT2D eigenvalue weighted by Crippen LogP contribution is -2.16. The van der Waals surface area contributed by atoms with E-state index in [1.807, 2.05) is 6.07 Å². The van der Waals surface area contributed by atoms with E-state index in [0.717, 1.165) is 0 Å². The van der Waals surface area contributed by atoms with Crippen LogP contribution in [0.3, 0.4) is 0 Å². The van der Waals surface area contributed by atoms with Crippen LogP contribution in [-0.4, -0.2) is 17.0 Å². The molecule has 0 aliphatic rings. The number of nitro benzene ring substituents is 1. The third-order valence-electron chi connectivity index (χ3n) is 4.48. The smallest absolute Gasteiger partial charge is 0.310 e. The highest BCUT2D eigenvalue weighted by Gasteiger charge is 2.20.